The number of benzene rings is 2. The van der Waals surface area contributed by atoms with Gasteiger partial charge in [0, 0.05) is 24.3 Å². The fourth-order valence-corrected chi connectivity index (χ4v) is 4.63. The third-order valence-electron chi connectivity index (χ3n) is 5.58. The molecule has 4 aromatic rings. The van der Waals surface area contributed by atoms with Crippen molar-refractivity contribution in [2.45, 2.75) is 39.7 Å². The Morgan fingerprint density at radius 1 is 1.03 bits per heavy atom. The SMILES string of the molecule is Cc1sc2nc(CCC(=O)NCCc3ccc(OCc4ccccc4)cc3)[nH]c(=O)c2c1C. The fourth-order valence-electron chi connectivity index (χ4n) is 3.58. The lowest BCUT2D eigenvalue weighted by atomic mass is 10.1. The highest BCUT2D eigenvalue weighted by atomic mass is 32.1. The second-order valence-electron chi connectivity index (χ2n) is 7.99. The largest absolute Gasteiger partial charge is 0.489 e. The van der Waals surface area contributed by atoms with Crippen molar-refractivity contribution in [2.24, 2.45) is 0 Å². The molecule has 2 aromatic heterocycles. The first-order valence-electron chi connectivity index (χ1n) is 11.0. The number of thiophene rings is 1. The third-order valence-corrected chi connectivity index (χ3v) is 6.69. The van der Waals surface area contributed by atoms with E-state index >= 15 is 0 Å². The zero-order chi connectivity index (χ0) is 23.2. The van der Waals surface area contributed by atoms with Crippen LogP contribution in [0.4, 0.5) is 0 Å². The third kappa shape index (κ3) is 5.87. The molecule has 0 aliphatic heterocycles. The number of hydrogen-bond donors (Lipinski definition) is 2. The van der Waals surface area contributed by atoms with Gasteiger partial charge in [-0.15, -0.1) is 11.3 Å². The molecule has 2 heterocycles. The van der Waals surface area contributed by atoms with Crippen LogP contribution in [0, 0.1) is 13.8 Å². The van der Waals surface area contributed by atoms with Crippen molar-refractivity contribution < 1.29 is 9.53 Å². The van der Waals surface area contributed by atoms with E-state index in [2.05, 4.69) is 15.3 Å². The number of ether oxygens (including phenoxy) is 1. The molecule has 0 aliphatic carbocycles. The molecule has 4 rings (SSSR count). The van der Waals surface area contributed by atoms with Crippen LogP contribution in [-0.4, -0.2) is 22.4 Å². The van der Waals surface area contributed by atoms with Crippen molar-refractivity contribution in [1.82, 2.24) is 15.3 Å². The molecule has 0 radical (unpaired) electrons. The van der Waals surface area contributed by atoms with Crippen LogP contribution in [0.5, 0.6) is 5.75 Å². The maximum Gasteiger partial charge on any atom is 0.259 e. The van der Waals surface area contributed by atoms with Crippen LogP contribution >= 0.6 is 11.3 Å². The van der Waals surface area contributed by atoms with Gasteiger partial charge in [-0.1, -0.05) is 42.5 Å². The Morgan fingerprint density at radius 2 is 1.79 bits per heavy atom. The first-order chi connectivity index (χ1) is 16.0. The molecule has 0 aliphatic rings. The number of carbonyl (C=O) groups excluding carboxylic acids is 1. The predicted molar refractivity (Wildman–Crippen MR) is 132 cm³/mol. The molecule has 2 N–H and O–H groups in total. The van der Waals surface area contributed by atoms with E-state index in [0.717, 1.165) is 38.6 Å². The summed E-state index contributed by atoms with van der Waals surface area (Å²) in [6.45, 7) is 5.01. The molecule has 0 atom stereocenters. The molecular formula is C26H27N3O3S. The summed E-state index contributed by atoms with van der Waals surface area (Å²) < 4.78 is 5.81. The minimum atomic E-state index is -0.131. The number of H-pyrrole nitrogens is 1. The highest BCUT2D eigenvalue weighted by Crippen LogP contribution is 2.25. The number of rotatable bonds is 9. The van der Waals surface area contributed by atoms with Crippen LogP contribution in [0.2, 0.25) is 0 Å². The number of aryl methyl sites for hydroxylation is 3. The number of aromatic amines is 1. The Morgan fingerprint density at radius 3 is 2.55 bits per heavy atom. The maximum atomic E-state index is 12.3. The quantitative estimate of drug-likeness (QED) is 0.385. The van der Waals surface area contributed by atoms with Gasteiger partial charge >= 0.3 is 0 Å². The lowest BCUT2D eigenvalue weighted by Gasteiger charge is -2.08. The summed E-state index contributed by atoms with van der Waals surface area (Å²) in [7, 11) is 0. The number of amides is 1. The number of fused-ring (bicyclic) bond motifs is 1. The highest BCUT2D eigenvalue weighted by Gasteiger charge is 2.12. The Balaban J connectivity index is 1.21. The molecule has 0 saturated carbocycles. The van der Waals surface area contributed by atoms with E-state index in [1.807, 2.05) is 68.4 Å². The zero-order valence-electron chi connectivity index (χ0n) is 18.8. The van der Waals surface area contributed by atoms with Crippen molar-refractivity contribution in [2.75, 3.05) is 6.54 Å². The molecular weight excluding hydrogens is 434 g/mol. The van der Waals surface area contributed by atoms with Gasteiger partial charge in [-0.3, -0.25) is 9.59 Å². The van der Waals surface area contributed by atoms with Gasteiger partial charge < -0.3 is 15.0 Å². The van der Waals surface area contributed by atoms with Crippen LogP contribution < -0.4 is 15.6 Å². The molecule has 0 fully saturated rings. The monoisotopic (exact) mass is 461 g/mol. The molecule has 2 aromatic carbocycles. The molecule has 170 valence electrons. The topological polar surface area (TPSA) is 84.1 Å². The van der Waals surface area contributed by atoms with Gasteiger partial charge in [0.1, 0.15) is 23.0 Å². The van der Waals surface area contributed by atoms with E-state index in [0.29, 0.717) is 30.8 Å². The molecule has 7 heteroatoms. The summed E-state index contributed by atoms with van der Waals surface area (Å²) in [5, 5.41) is 3.60. The average molecular weight is 462 g/mol. The van der Waals surface area contributed by atoms with Crippen molar-refractivity contribution in [3.8, 4) is 5.75 Å². The first kappa shape index (κ1) is 22.7. The van der Waals surface area contributed by atoms with Gasteiger partial charge in [-0.05, 0) is 49.1 Å². The number of nitrogens with zero attached hydrogens (tertiary/aromatic N) is 1. The van der Waals surface area contributed by atoms with Crippen molar-refractivity contribution in [1.29, 1.82) is 0 Å². The zero-order valence-corrected chi connectivity index (χ0v) is 19.6. The second-order valence-corrected chi connectivity index (χ2v) is 9.20. The van der Waals surface area contributed by atoms with Crippen molar-refractivity contribution in [3.05, 3.63) is 92.3 Å². The van der Waals surface area contributed by atoms with E-state index in [-0.39, 0.29) is 17.9 Å². The smallest absolute Gasteiger partial charge is 0.259 e. The Hall–Kier alpha value is -3.45. The van der Waals surface area contributed by atoms with Gasteiger partial charge in [-0.25, -0.2) is 4.98 Å². The van der Waals surface area contributed by atoms with E-state index in [4.69, 9.17) is 4.74 Å². The van der Waals surface area contributed by atoms with Gasteiger partial charge in [0.2, 0.25) is 5.91 Å². The molecule has 33 heavy (non-hydrogen) atoms. The second kappa shape index (κ2) is 10.4. The lowest BCUT2D eigenvalue weighted by Crippen LogP contribution is -2.26. The summed E-state index contributed by atoms with van der Waals surface area (Å²) in [6, 6.07) is 18.0. The summed E-state index contributed by atoms with van der Waals surface area (Å²) >= 11 is 1.51. The van der Waals surface area contributed by atoms with Crippen LogP contribution in [0.15, 0.2) is 59.4 Å². The van der Waals surface area contributed by atoms with Crippen LogP contribution in [0.25, 0.3) is 10.2 Å². The normalized spacial score (nSPS) is 11.0. The molecule has 0 bridgehead atoms. The van der Waals surface area contributed by atoms with E-state index in [9.17, 15) is 9.59 Å². The predicted octanol–water partition coefficient (Wildman–Crippen LogP) is 4.47. The fraction of sp³-hybridized carbons (Fsp3) is 0.269. The lowest BCUT2D eigenvalue weighted by molar-refractivity contribution is -0.121. The van der Waals surface area contributed by atoms with Crippen molar-refractivity contribution >= 4 is 27.5 Å². The molecule has 6 nitrogen and oxygen atoms in total. The molecule has 0 saturated heterocycles. The highest BCUT2D eigenvalue weighted by molar-refractivity contribution is 7.18. The number of hydrogen-bond acceptors (Lipinski definition) is 5. The van der Waals surface area contributed by atoms with E-state index in [1.54, 1.807) is 0 Å². The van der Waals surface area contributed by atoms with Gasteiger partial charge in [0.15, 0.2) is 0 Å². The summed E-state index contributed by atoms with van der Waals surface area (Å²) in [6.07, 6.45) is 1.42. The number of carbonyl (C=O) groups is 1. The molecule has 0 spiro atoms. The Bertz CT molecular complexity index is 1290. The van der Waals surface area contributed by atoms with Gasteiger partial charge in [0.05, 0.1) is 5.39 Å². The summed E-state index contributed by atoms with van der Waals surface area (Å²) in [5.41, 5.74) is 3.10. The first-order valence-corrected chi connectivity index (χ1v) is 11.8. The summed E-state index contributed by atoms with van der Waals surface area (Å²) in [5.74, 6) is 1.32. The van der Waals surface area contributed by atoms with Crippen LogP contribution in [0.1, 0.15) is 33.8 Å². The Labute approximate surface area is 196 Å². The number of aromatic nitrogens is 2. The summed E-state index contributed by atoms with van der Waals surface area (Å²) in [4.78, 5) is 33.8. The van der Waals surface area contributed by atoms with Crippen LogP contribution in [-0.2, 0) is 24.2 Å². The van der Waals surface area contributed by atoms with E-state index < -0.39 is 0 Å². The minimum Gasteiger partial charge on any atom is -0.489 e. The van der Waals surface area contributed by atoms with Crippen LogP contribution in [0.3, 0.4) is 0 Å². The minimum absolute atomic E-state index is 0.0564. The van der Waals surface area contributed by atoms with Gasteiger partial charge in [-0.2, -0.15) is 0 Å². The number of nitrogens with one attached hydrogen (secondary N) is 2. The van der Waals surface area contributed by atoms with E-state index in [1.165, 1.54) is 11.3 Å². The van der Waals surface area contributed by atoms with Crippen molar-refractivity contribution in [3.63, 3.8) is 0 Å². The maximum absolute atomic E-state index is 12.3. The standard InChI is InChI=1S/C26H27N3O3S/c1-17-18(2)33-26-24(17)25(31)28-22(29-26)12-13-23(30)27-15-14-19-8-10-21(11-9-19)32-16-20-6-4-3-5-7-20/h3-11H,12-16H2,1-2H3,(H,27,30)(H,28,29,31). The molecule has 1 amide bonds. The molecule has 0 unspecified atom stereocenters. The Kier molecular flexibility index (Phi) is 7.19. The van der Waals surface area contributed by atoms with Gasteiger partial charge in [0.25, 0.3) is 5.56 Å². The average Bonchev–Trinajstić information content (AvgIpc) is 3.11.